The van der Waals surface area contributed by atoms with Gasteiger partial charge in [-0.15, -0.1) is 5.17 Å². The standard InChI is InChI=1S/C16H24N2O6S/c1-4-16(2,25(3,21)22)15(20)18(17-11-7-5-9-13(17)19)24-14-10-6-8-12-23-14/h5,7,9,11,14H,4,6,8,10,12H2,1-3H3. The first-order valence-corrected chi connectivity index (χ1v) is 10.1. The van der Waals surface area contributed by atoms with Crippen LogP contribution in [0.3, 0.4) is 0 Å². The van der Waals surface area contributed by atoms with E-state index in [2.05, 4.69) is 0 Å². The molecule has 0 saturated carbocycles. The predicted octanol–water partition coefficient (Wildman–Crippen LogP) is 0.984. The molecule has 0 N–H and O–H groups in total. The van der Waals surface area contributed by atoms with E-state index >= 15 is 0 Å². The summed E-state index contributed by atoms with van der Waals surface area (Å²) in [6, 6.07) is 4.33. The zero-order chi connectivity index (χ0) is 18.7. The van der Waals surface area contributed by atoms with E-state index in [0.29, 0.717) is 13.0 Å². The van der Waals surface area contributed by atoms with Gasteiger partial charge in [-0.3, -0.25) is 9.59 Å². The highest BCUT2D eigenvalue weighted by atomic mass is 32.2. The second-order valence-electron chi connectivity index (χ2n) is 6.22. The number of rotatable bonds is 6. The van der Waals surface area contributed by atoms with Crippen molar-refractivity contribution in [3.63, 3.8) is 0 Å². The number of ether oxygens (including phenoxy) is 1. The summed E-state index contributed by atoms with van der Waals surface area (Å²) in [7, 11) is -3.75. The minimum atomic E-state index is -3.75. The van der Waals surface area contributed by atoms with Crippen LogP contribution in [-0.4, -0.2) is 42.9 Å². The van der Waals surface area contributed by atoms with Gasteiger partial charge in [-0.2, -0.15) is 4.68 Å². The third-order valence-electron chi connectivity index (χ3n) is 4.47. The van der Waals surface area contributed by atoms with E-state index in [1.807, 2.05) is 0 Å². The van der Waals surface area contributed by atoms with Gasteiger partial charge in [0.25, 0.3) is 11.5 Å². The molecule has 0 spiro atoms. The van der Waals surface area contributed by atoms with Gasteiger partial charge in [0.1, 0.15) is 0 Å². The van der Waals surface area contributed by atoms with E-state index < -0.39 is 32.3 Å². The molecule has 8 nitrogen and oxygen atoms in total. The topological polar surface area (TPSA) is 94.9 Å². The van der Waals surface area contributed by atoms with Gasteiger partial charge in [-0.05, 0) is 32.3 Å². The lowest BCUT2D eigenvalue weighted by Gasteiger charge is -2.34. The number of hydrogen-bond acceptors (Lipinski definition) is 6. The van der Waals surface area contributed by atoms with Crippen LogP contribution in [0, 0.1) is 0 Å². The van der Waals surface area contributed by atoms with E-state index in [-0.39, 0.29) is 6.42 Å². The fraction of sp³-hybridized carbons (Fsp3) is 0.625. The monoisotopic (exact) mass is 372 g/mol. The highest BCUT2D eigenvalue weighted by Crippen LogP contribution is 2.24. The Morgan fingerprint density at radius 1 is 1.44 bits per heavy atom. The zero-order valence-corrected chi connectivity index (χ0v) is 15.5. The molecule has 2 rings (SSSR count). The van der Waals surface area contributed by atoms with Gasteiger partial charge in [0.05, 0.1) is 0 Å². The van der Waals surface area contributed by atoms with Gasteiger partial charge in [0.15, 0.2) is 20.9 Å². The number of aromatic nitrogens is 1. The molecule has 1 aliphatic heterocycles. The van der Waals surface area contributed by atoms with Gasteiger partial charge in [-0.1, -0.05) is 13.0 Å². The van der Waals surface area contributed by atoms with Gasteiger partial charge in [0.2, 0.25) is 0 Å². The Morgan fingerprint density at radius 3 is 2.68 bits per heavy atom. The minimum Gasteiger partial charge on any atom is -0.350 e. The molecule has 25 heavy (non-hydrogen) atoms. The normalized spacial score (nSPS) is 20.7. The molecular formula is C16H24N2O6S. The van der Waals surface area contributed by atoms with Crippen molar-refractivity contribution < 1.29 is 22.8 Å². The van der Waals surface area contributed by atoms with Crippen LogP contribution in [0.5, 0.6) is 0 Å². The largest absolute Gasteiger partial charge is 0.350 e. The number of carbonyl (C=O) groups is 1. The molecule has 2 heterocycles. The maximum Gasteiger partial charge on any atom is 0.288 e. The van der Waals surface area contributed by atoms with Crippen molar-refractivity contribution >= 4 is 15.7 Å². The first-order valence-electron chi connectivity index (χ1n) is 8.21. The summed E-state index contributed by atoms with van der Waals surface area (Å²) in [5.41, 5.74) is -0.515. The van der Waals surface area contributed by atoms with Crippen LogP contribution in [0.1, 0.15) is 39.5 Å². The van der Waals surface area contributed by atoms with E-state index in [4.69, 9.17) is 9.57 Å². The van der Waals surface area contributed by atoms with E-state index in [0.717, 1.165) is 28.9 Å². The van der Waals surface area contributed by atoms with Crippen molar-refractivity contribution in [2.75, 3.05) is 18.0 Å². The Hall–Kier alpha value is -1.71. The summed E-state index contributed by atoms with van der Waals surface area (Å²) in [5.74, 6) is -0.833. The molecule has 0 bridgehead atoms. The highest BCUT2D eigenvalue weighted by Gasteiger charge is 2.46. The van der Waals surface area contributed by atoms with Gasteiger partial charge in [0, 0.05) is 31.5 Å². The highest BCUT2D eigenvalue weighted by molar-refractivity contribution is 7.92. The molecule has 9 heteroatoms. The molecule has 2 atom stereocenters. The summed E-state index contributed by atoms with van der Waals surface area (Å²) in [4.78, 5) is 30.9. The molecule has 1 aliphatic rings. The summed E-state index contributed by atoms with van der Waals surface area (Å²) in [5, 5.41) is 0.725. The van der Waals surface area contributed by atoms with Crippen LogP contribution in [0.4, 0.5) is 0 Å². The third kappa shape index (κ3) is 4.10. The lowest BCUT2D eigenvalue weighted by molar-refractivity contribution is -0.192. The minimum absolute atomic E-state index is 0.0393. The van der Waals surface area contributed by atoms with Crippen molar-refractivity contribution in [3.8, 4) is 0 Å². The van der Waals surface area contributed by atoms with Crippen LogP contribution in [0.25, 0.3) is 0 Å². The summed E-state index contributed by atoms with van der Waals surface area (Å²) in [6.45, 7) is 3.41. The lowest BCUT2D eigenvalue weighted by atomic mass is 10.1. The smallest absolute Gasteiger partial charge is 0.288 e. The summed E-state index contributed by atoms with van der Waals surface area (Å²) in [6.07, 6.45) is 3.96. The Balaban J connectivity index is 2.45. The molecule has 1 fully saturated rings. The van der Waals surface area contributed by atoms with Crippen molar-refractivity contribution in [1.82, 2.24) is 4.68 Å². The molecule has 1 aromatic rings. The van der Waals surface area contributed by atoms with Crippen LogP contribution < -0.4 is 10.7 Å². The van der Waals surface area contributed by atoms with E-state index in [9.17, 15) is 18.0 Å². The Kier molecular flexibility index (Phi) is 6.02. The Bertz CT molecular complexity index is 769. The third-order valence-corrected chi connectivity index (χ3v) is 6.57. The van der Waals surface area contributed by atoms with E-state index in [1.54, 1.807) is 13.0 Å². The molecule has 0 radical (unpaired) electrons. The molecule has 140 valence electrons. The fourth-order valence-electron chi connectivity index (χ4n) is 2.45. The molecule has 0 aromatic carbocycles. The van der Waals surface area contributed by atoms with Crippen LogP contribution >= 0.6 is 0 Å². The maximum atomic E-state index is 13.1. The lowest BCUT2D eigenvalue weighted by Crippen LogP contribution is -2.58. The zero-order valence-electron chi connectivity index (χ0n) is 14.7. The van der Waals surface area contributed by atoms with Gasteiger partial charge < -0.3 is 4.74 Å². The first kappa shape index (κ1) is 19.6. The average molecular weight is 372 g/mol. The first-order chi connectivity index (χ1) is 11.7. The fourth-order valence-corrected chi connectivity index (χ4v) is 3.37. The molecule has 1 amide bonds. The number of nitrogens with zero attached hydrogens (tertiary/aromatic N) is 2. The van der Waals surface area contributed by atoms with Crippen molar-refractivity contribution in [2.45, 2.75) is 50.6 Å². The number of hydroxylamine groups is 1. The predicted molar refractivity (Wildman–Crippen MR) is 92.1 cm³/mol. The molecule has 1 saturated heterocycles. The van der Waals surface area contributed by atoms with Crippen LogP contribution in [0.15, 0.2) is 29.2 Å². The number of amides is 1. The molecule has 2 unspecified atom stereocenters. The number of hydrogen-bond donors (Lipinski definition) is 0. The molecule has 0 aliphatic carbocycles. The quantitative estimate of drug-likeness (QED) is 0.691. The maximum absolute atomic E-state index is 13.1. The van der Waals surface area contributed by atoms with Crippen molar-refractivity contribution in [3.05, 3.63) is 34.7 Å². The second-order valence-corrected chi connectivity index (χ2v) is 8.67. The number of carbonyl (C=O) groups excluding carboxylic acids is 1. The average Bonchev–Trinajstić information content (AvgIpc) is 2.59. The molecular weight excluding hydrogens is 348 g/mol. The Labute approximate surface area is 147 Å². The SMILES string of the molecule is CCC(C)(C(=O)N(OC1CCCCO1)n1ccccc1=O)S(C)(=O)=O. The number of sulfone groups is 1. The van der Waals surface area contributed by atoms with Crippen molar-refractivity contribution in [1.29, 1.82) is 0 Å². The van der Waals surface area contributed by atoms with Crippen LogP contribution in [-0.2, 0) is 24.2 Å². The number of pyridine rings is 1. The molecule has 1 aromatic heterocycles. The summed E-state index contributed by atoms with van der Waals surface area (Å²) < 4.78 is 29.1. The summed E-state index contributed by atoms with van der Waals surface area (Å²) >= 11 is 0. The van der Waals surface area contributed by atoms with Gasteiger partial charge in [-0.25, -0.2) is 13.3 Å². The van der Waals surface area contributed by atoms with E-state index in [1.165, 1.54) is 25.3 Å². The van der Waals surface area contributed by atoms with Gasteiger partial charge >= 0.3 is 0 Å². The second kappa shape index (κ2) is 7.67. The van der Waals surface area contributed by atoms with Crippen LogP contribution in [0.2, 0.25) is 0 Å². The van der Waals surface area contributed by atoms with Crippen molar-refractivity contribution in [2.24, 2.45) is 0 Å². The Morgan fingerprint density at radius 2 is 2.16 bits per heavy atom.